The molecule has 0 bridgehead atoms. The van der Waals surface area contributed by atoms with Crippen LogP contribution < -0.4 is 0 Å². The molecule has 0 saturated carbocycles. The summed E-state index contributed by atoms with van der Waals surface area (Å²) in [5.74, 6) is -0.143. The molecule has 56 valence electrons. The van der Waals surface area contributed by atoms with E-state index < -0.39 is 0 Å². The van der Waals surface area contributed by atoms with Gasteiger partial charge in [-0.15, -0.1) is 0 Å². The molecule has 0 unspecified atom stereocenters. The minimum Gasteiger partial charge on any atom is -0.289 e. The highest BCUT2D eigenvalue weighted by atomic mass is 35.5. The lowest BCUT2D eigenvalue weighted by Gasteiger charge is -1.96. The van der Waals surface area contributed by atoms with Crippen molar-refractivity contribution in [1.29, 1.82) is 0 Å². The van der Waals surface area contributed by atoms with Gasteiger partial charge in [-0.3, -0.25) is 4.79 Å². The molecule has 0 aliphatic carbocycles. The Morgan fingerprint density at radius 3 is 2.64 bits per heavy atom. The maximum atomic E-state index is 11.0. The zero-order valence-electron chi connectivity index (χ0n) is 5.88. The summed E-state index contributed by atoms with van der Waals surface area (Å²) in [6.07, 6.45) is 1.25. The number of ketones is 1. The van der Waals surface area contributed by atoms with Gasteiger partial charge in [0.1, 0.15) is 0 Å². The van der Waals surface area contributed by atoms with E-state index in [1.807, 2.05) is 0 Å². The van der Waals surface area contributed by atoms with Crippen LogP contribution in [-0.4, -0.2) is 5.78 Å². The largest absolute Gasteiger partial charge is 0.289 e. The number of halogens is 1. The molecular formula is C9H7ClO. The van der Waals surface area contributed by atoms with Crippen molar-refractivity contribution in [2.45, 2.75) is 0 Å². The molecule has 0 fully saturated rings. The fourth-order valence-electron chi connectivity index (χ4n) is 0.771. The second-order valence-electron chi connectivity index (χ2n) is 2.05. The summed E-state index contributed by atoms with van der Waals surface area (Å²) in [7, 11) is 0. The monoisotopic (exact) mass is 166 g/mol. The number of carbonyl (C=O) groups is 1. The first-order valence-electron chi connectivity index (χ1n) is 3.17. The summed E-state index contributed by atoms with van der Waals surface area (Å²) in [6, 6.07) is 6.90. The average Bonchev–Trinajstić information content (AvgIpc) is 2.04. The fourth-order valence-corrected chi connectivity index (χ4v) is 1.000. The highest BCUT2D eigenvalue weighted by Gasteiger charge is 2.03. The Bertz CT molecular complexity index is 291. The number of rotatable bonds is 2. The Kier molecular flexibility index (Phi) is 2.44. The molecule has 0 N–H and O–H groups in total. The number of carbonyl (C=O) groups excluding carboxylic acids is 1. The maximum Gasteiger partial charge on any atom is 0.186 e. The zero-order valence-corrected chi connectivity index (χ0v) is 6.64. The maximum absolute atomic E-state index is 11.0. The van der Waals surface area contributed by atoms with Crippen LogP contribution in [-0.2, 0) is 0 Å². The molecule has 1 rings (SSSR count). The van der Waals surface area contributed by atoms with E-state index in [0.717, 1.165) is 0 Å². The third-order valence-electron chi connectivity index (χ3n) is 1.32. The smallest absolute Gasteiger partial charge is 0.186 e. The van der Waals surface area contributed by atoms with Crippen molar-refractivity contribution in [3.05, 3.63) is 47.5 Å². The van der Waals surface area contributed by atoms with Gasteiger partial charge in [0, 0.05) is 5.56 Å². The molecule has 0 saturated heterocycles. The number of benzene rings is 1. The molecule has 0 heterocycles. The lowest BCUT2D eigenvalue weighted by Crippen LogP contribution is -1.93. The van der Waals surface area contributed by atoms with Crippen molar-refractivity contribution < 1.29 is 4.79 Å². The molecule has 0 aromatic heterocycles. The normalized spacial score (nSPS) is 9.18. The van der Waals surface area contributed by atoms with Crippen LogP contribution in [0.4, 0.5) is 0 Å². The van der Waals surface area contributed by atoms with Crippen molar-refractivity contribution in [2.24, 2.45) is 0 Å². The Balaban J connectivity index is 3.13. The van der Waals surface area contributed by atoms with Crippen LogP contribution in [0.5, 0.6) is 0 Å². The molecule has 2 heteroatoms. The summed E-state index contributed by atoms with van der Waals surface area (Å²) >= 11 is 5.73. The number of allylic oxidation sites excluding steroid dienone is 1. The van der Waals surface area contributed by atoms with Gasteiger partial charge in [-0.05, 0) is 18.2 Å². The number of hydrogen-bond donors (Lipinski definition) is 0. The Labute approximate surface area is 70.3 Å². The average molecular weight is 167 g/mol. The summed E-state index contributed by atoms with van der Waals surface area (Å²) in [6.45, 7) is 3.37. The lowest BCUT2D eigenvalue weighted by molar-refractivity contribution is 0.104. The van der Waals surface area contributed by atoms with Crippen LogP contribution >= 0.6 is 11.6 Å². The lowest BCUT2D eigenvalue weighted by atomic mass is 10.1. The topological polar surface area (TPSA) is 17.1 Å². The van der Waals surface area contributed by atoms with Gasteiger partial charge >= 0.3 is 0 Å². The van der Waals surface area contributed by atoms with Crippen LogP contribution in [0.15, 0.2) is 36.9 Å². The molecule has 1 aromatic rings. The van der Waals surface area contributed by atoms with Crippen LogP contribution in [0.1, 0.15) is 10.4 Å². The Morgan fingerprint density at radius 1 is 1.45 bits per heavy atom. The summed E-state index contributed by atoms with van der Waals surface area (Å²) in [4.78, 5) is 11.0. The molecule has 11 heavy (non-hydrogen) atoms. The SMILES string of the molecule is C=CC(=O)c1ccccc1Cl. The van der Waals surface area contributed by atoms with E-state index in [0.29, 0.717) is 10.6 Å². The van der Waals surface area contributed by atoms with Crippen LogP contribution in [0, 0.1) is 0 Å². The predicted molar refractivity (Wildman–Crippen MR) is 46.0 cm³/mol. The van der Waals surface area contributed by atoms with Gasteiger partial charge in [-0.25, -0.2) is 0 Å². The van der Waals surface area contributed by atoms with E-state index in [2.05, 4.69) is 6.58 Å². The second kappa shape index (κ2) is 3.35. The summed E-state index contributed by atoms with van der Waals surface area (Å²) in [5.41, 5.74) is 0.504. The minimum atomic E-state index is -0.143. The van der Waals surface area contributed by atoms with E-state index in [1.165, 1.54) is 6.08 Å². The van der Waals surface area contributed by atoms with E-state index in [-0.39, 0.29) is 5.78 Å². The third-order valence-corrected chi connectivity index (χ3v) is 1.65. The van der Waals surface area contributed by atoms with E-state index in [1.54, 1.807) is 24.3 Å². The standard InChI is InChI=1S/C9H7ClO/c1-2-9(11)7-5-3-4-6-8(7)10/h2-6H,1H2. The van der Waals surface area contributed by atoms with E-state index in [4.69, 9.17) is 11.6 Å². The van der Waals surface area contributed by atoms with E-state index in [9.17, 15) is 4.79 Å². The zero-order chi connectivity index (χ0) is 8.27. The summed E-state index contributed by atoms with van der Waals surface area (Å²) in [5, 5.41) is 0.470. The van der Waals surface area contributed by atoms with Crippen molar-refractivity contribution in [3.63, 3.8) is 0 Å². The van der Waals surface area contributed by atoms with Crippen molar-refractivity contribution in [3.8, 4) is 0 Å². The molecule has 1 aromatic carbocycles. The molecule has 1 nitrogen and oxygen atoms in total. The molecule has 0 spiro atoms. The molecule has 0 amide bonds. The van der Waals surface area contributed by atoms with Gasteiger partial charge in [0.05, 0.1) is 5.02 Å². The quantitative estimate of drug-likeness (QED) is 0.488. The Morgan fingerprint density at radius 2 is 2.09 bits per heavy atom. The van der Waals surface area contributed by atoms with Crippen molar-refractivity contribution in [1.82, 2.24) is 0 Å². The van der Waals surface area contributed by atoms with Crippen molar-refractivity contribution >= 4 is 17.4 Å². The molecule has 0 radical (unpaired) electrons. The predicted octanol–water partition coefficient (Wildman–Crippen LogP) is 2.71. The first kappa shape index (κ1) is 8.02. The molecule has 0 aliphatic rings. The van der Waals surface area contributed by atoms with Crippen LogP contribution in [0.3, 0.4) is 0 Å². The molecular weight excluding hydrogens is 160 g/mol. The van der Waals surface area contributed by atoms with Crippen molar-refractivity contribution in [2.75, 3.05) is 0 Å². The highest BCUT2D eigenvalue weighted by Crippen LogP contribution is 2.15. The van der Waals surface area contributed by atoms with Gasteiger partial charge in [-0.1, -0.05) is 30.3 Å². The molecule has 0 atom stereocenters. The first-order valence-corrected chi connectivity index (χ1v) is 3.55. The fraction of sp³-hybridized carbons (Fsp3) is 0. The number of hydrogen-bond acceptors (Lipinski definition) is 1. The molecule has 0 aliphatic heterocycles. The van der Waals surface area contributed by atoms with Crippen LogP contribution in [0.25, 0.3) is 0 Å². The van der Waals surface area contributed by atoms with Gasteiger partial charge in [0.2, 0.25) is 0 Å². The summed E-state index contributed by atoms with van der Waals surface area (Å²) < 4.78 is 0. The first-order chi connectivity index (χ1) is 5.25. The highest BCUT2D eigenvalue weighted by molar-refractivity contribution is 6.34. The minimum absolute atomic E-state index is 0.143. The van der Waals surface area contributed by atoms with Gasteiger partial charge in [0.15, 0.2) is 5.78 Å². The van der Waals surface area contributed by atoms with Gasteiger partial charge in [-0.2, -0.15) is 0 Å². The second-order valence-corrected chi connectivity index (χ2v) is 2.46. The van der Waals surface area contributed by atoms with E-state index >= 15 is 0 Å². The van der Waals surface area contributed by atoms with Gasteiger partial charge in [0.25, 0.3) is 0 Å². The Hall–Kier alpha value is -1.08. The third kappa shape index (κ3) is 1.69. The van der Waals surface area contributed by atoms with Gasteiger partial charge < -0.3 is 0 Å². The van der Waals surface area contributed by atoms with Crippen LogP contribution in [0.2, 0.25) is 5.02 Å².